The second-order valence-electron chi connectivity index (χ2n) is 6.57. The van der Waals surface area contributed by atoms with Gasteiger partial charge in [-0.05, 0) is 43.4 Å². The van der Waals surface area contributed by atoms with Gasteiger partial charge in [0.05, 0.1) is 17.8 Å². The predicted molar refractivity (Wildman–Crippen MR) is 93.4 cm³/mol. The molecule has 1 heterocycles. The molecule has 2 unspecified atom stereocenters. The topological polar surface area (TPSA) is 84.2 Å². The zero-order chi connectivity index (χ0) is 17.6. The summed E-state index contributed by atoms with van der Waals surface area (Å²) >= 11 is 0. The van der Waals surface area contributed by atoms with Gasteiger partial charge in [0.2, 0.25) is 5.91 Å². The number of carboxylic acid groups (broad SMARTS) is 1. The Hall–Kier alpha value is -2.63. The number of carbonyl (C=O) groups excluding carboxylic acids is 1. The average molecular weight is 341 g/mol. The first-order valence-corrected chi connectivity index (χ1v) is 8.73. The minimum atomic E-state index is -0.786. The summed E-state index contributed by atoms with van der Waals surface area (Å²) in [5, 5.41) is 16.4. The van der Waals surface area contributed by atoms with Gasteiger partial charge in [-0.1, -0.05) is 24.6 Å². The van der Waals surface area contributed by atoms with E-state index in [0.717, 1.165) is 24.1 Å². The molecule has 0 radical (unpaired) electrons. The quantitative estimate of drug-likeness (QED) is 0.845. The third-order valence-corrected chi connectivity index (χ3v) is 4.76. The molecular weight excluding hydrogens is 318 g/mol. The van der Waals surface area contributed by atoms with Gasteiger partial charge in [-0.3, -0.25) is 9.59 Å². The maximum atomic E-state index is 12.3. The van der Waals surface area contributed by atoms with Crippen LogP contribution in [-0.2, 0) is 16.0 Å². The predicted octanol–water partition coefficient (Wildman–Crippen LogP) is 2.42. The molecule has 2 N–H and O–H groups in total. The highest BCUT2D eigenvalue weighted by Crippen LogP contribution is 2.29. The van der Waals surface area contributed by atoms with E-state index in [1.807, 2.05) is 41.2 Å². The van der Waals surface area contributed by atoms with Gasteiger partial charge >= 0.3 is 5.97 Å². The van der Waals surface area contributed by atoms with Gasteiger partial charge in [0.1, 0.15) is 0 Å². The van der Waals surface area contributed by atoms with E-state index in [-0.39, 0.29) is 17.7 Å². The largest absolute Gasteiger partial charge is 0.481 e. The van der Waals surface area contributed by atoms with Gasteiger partial charge in [-0.2, -0.15) is 5.10 Å². The molecule has 25 heavy (non-hydrogen) atoms. The van der Waals surface area contributed by atoms with Crippen LogP contribution in [0.15, 0.2) is 42.7 Å². The summed E-state index contributed by atoms with van der Waals surface area (Å²) < 4.78 is 1.82. The zero-order valence-corrected chi connectivity index (χ0v) is 14.1. The van der Waals surface area contributed by atoms with Crippen LogP contribution in [0, 0.1) is 11.8 Å². The fraction of sp³-hybridized carbons (Fsp3) is 0.421. The minimum Gasteiger partial charge on any atom is -0.481 e. The maximum Gasteiger partial charge on any atom is 0.306 e. The summed E-state index contributed by atoms with van der Waals surface area (Å²) in [6, 6.07) is 9.86. The summed E-state index contributed by atoms with van der Waals surface area (Å²) in [5.41, 5.74) is 2.05. The number of aliphatic carboxylic acids is 1. The monoisotopic (exact) mass is 341 g/mol. The first kappa shape index (κ1) is 17.2. The Kier molecular flexibility index (Phi) is 5.48. The van der Waals surface area contributed by atoms with Gasteiger partial charge in [0.25, 0.3) is 0 Å². The number of nitrogens with one attached hydrogen (secondary N) is 1. The summed E-state index contributed by atoms with van der Waals surface area (Å²) in [6.07, 6.45) is 7.18. The Labute approximate surface area is 146 Å². The Morgan fingerprint density at radius 2 is 1.96 bits per heavy atom. The third kappa shape index (κ3) is 4.47. The van der Waals surface area contributed by atoms with Crippen LogP contribution in [0.5, 0.6) is 0 Å². The summed E-state index contributed by atoms with van der Waals surface area (Å²) in [4.78, 5) is 23.4. The summed E-state index contributed by atoms with van der Waals surface area (Å²) in [5.74, 6) is -1.37. The second kappa shape index (κ2) is 7.96. The molecule has 132 valence electrons. The molecule has 1 aromatic carbocycles. The zero-order valence-electron chi connectivity index (χ0n) is 14.1. The number of amides is 1. The molecule has 0 bridgehead atoms. The van der Waals surface area contributed by atoms with Crippen molar-refractivity contribution in [1.82, 2.24) is 15.1 Å². The first-order chi connectivity index (χ1) is 12.1. The summed E-state index contributed by atoms with van der Waals surface area (Å²) in [6.45, 7) is 0.535. The van der Waals surface area contributed by atoms with Gasteiger partial charge in [-0.25, -0.2) is 4.68 Å². The van der Waals surface area contributed by atoms with Crippen LogP contribution in [0.3, 0.4) is 0 Å². The molecular formula is C19H23N3O3. The SMILES string of the molecule is O=C(O)C1CCCC(C(=O)NCCc2cnn(-c3ccccc3)c2)C1. The number of nitrogens with zero attached hydrogens (tertiary/aromatic N) is 2. The van der Waals surface area contributed by atoms with E-state index in [9.17, 15) is 9.59 Å². The van der Waals surface area contributed by atoms with Crippen molar-refractivity contribution in [3.8, 4) is 5.69 Å². The lowest BCUT2D eigenvalue weighted by molar-refractivity contribution is -0.144. The van der Waals surface area contributed by atoms with Crippen molar-refractivity contribution in [1.29, 1.82) is 0 Å². The highest BCUT2D eigenvalue weighted by molar-refractivity contribution is 5.80. The second-order valence-corrected chi connectivity index (χ2v) is 6.57. The van der Waals surface area contributed by atoms with E-state index < -0.39 is 5.97 Å². The maximum absolute atomic E-state index is 12.3. The molecule has 2 atom stereocenters. The molecule has 6 heteroatoms. The van der Waals surface area contributed by atoms with Crippen LogP contribution in [-0.4, -0.2) is 33.3 Å². The van der Waals surface area contributed by atoms with Crippen molar-refractivity contribution in [2.75, 3.05) is 6.54 Å². The molecule has 1 aromatic heterocycles. The highest BCUT2D eigenvalue weighted by Gasteiger charge is 2.30. The lowest BCUT2D eigenvalue weighted by Crippen LogP contribution is -2.36. The summed E-state index contributed by atoms with van der Waals surface area (Å²) in [7, 11) is 0. The van der Waals surface area contributed by atoms with Crippen LogP contribution < -0.4 is 5.32 Å². The third-order valence-electron chi connectivity index (χ3n) is 4.76. The number of para-hydroxylation sites is 1. The van der Waals surface area contributed by atoms with E-state index in [2.05, 4.69) is 10.4 Å². The number of hydrogen-bond acceptors (Lipinski definition) is 3. The molecule has 0 aliphatic heterocycles. The van der Waals surface area contributed by atoms with Crippen LogP contribution in [0.2, 0.25) is 0 Å². The Bertz CT molecular complexity index is 727. The van der Waals surface area contributed by atoms with E-state index in [4.69, 9.17) is 5.11 Å². The number of rotatable bonds is 6. The Morgan fingerprint density at radius 1 is 1.20 bits per heavy atom. The molecule has 1 saturated carbocycles. The lowest BCUT2D eigenvalue weighted by Gasteiger charge is -2.25. The number of carboxylic acids is 1. The number of benzene rings is 1. The van der Waals surface area contributed by atoms with E-state index in [1.54, 1.807) is 6.20 Å². The van der Waals surface area contributed by atoms with Gasteiger partial charge in [0, 0.05) is 18.7 Å². The van der Waals surface area contributed by atoms with Gasteiger partial charge < -0.3 is 10.4 Å². The molecule has 1 amide bonds. The van der Waals surface area contributed by atoms with Crippen LogP contribution >= 0.6 is 0 Å². The van der Waals surface area contributed by atoms with E-state index >= 15 is 0 Å². The molecule has 2 aromatic rings. The fourth-order valence-electron chi connectivity index (χ4n) is 3.34. The smallest absolute Gasteiger partial charge is 0.306 e. The van der Waals surface area contributed by atoms with Gasteiger partial charge in [0.15, 0.2) is 0 Å². The van der Waals surface area contributed by atoms with Crippen molar-refractivity contribution in [3.05, 3.63) is 48.3 Å². The molecule has 3 rings (SSSR count). The average Bonchev–Trinajstić information content (AvgIpc) is 3.11. The van der Waals surface area contributed by atoms with Crippen molar-refractivity contribution < 1.29 is 14.7 Å². The Balaban J connectivity index is 1.47. The molecule has 1 fully saturated rings. The van der Waals surface area contributed by atoms with Crippen molar-refractivity contribution in [3.63, 3.8) is 0 Å². The van der Waals surface area contributed by atoms with Crippen LogP contribution in [0.25, 0.3) is 5.69 Å². The van der Waals surface area contributed by atoms with E-state index in [0.29, 0.717) is 25.8 Å². The van der Waals surface area contributed by atoms with Gasteiger partial charge in [-0.15, -0.1) is 0 Å². The molecule has 6 nitrogen and oxygen atoms in total. The first-order valence-electron chi connectivity index (χ1n) is 8.73. The number of hydrogen-bond donors (Lipinski definition) is 2. The minimum absolute atomic E-state index is 0.0265. The van der Waals surface area contributed by atoms with Crippen molar-refractivity contribution >= 4 is 11.9 Å². The standard InChI is InChI=1S/C19H23N3O3/c23-18(15-5-4-6-16(11-15)19(24)25)20-10-9-14-12-21-22(13-14)17-7-2-1-3-8-17/h1-3,7-8,12-13,15-16H,4-6,9-11H2,(H,20,23)(H,24,25). The Morgan fingerprint density at radius 3 is 2.72 bits per heavy atom. The van der Waals surface area contributed by atoms with Crippen molar-refractivity contribution in [2.45, 2.75) is 32.1 Å². The number of carbonyl (C=O) groups is 2. The molecule has 1 aliphatic rings. The lowest BCUT2D eigenvalue weighted by atomic mass is 9.81. The fourth-order valence-corrected chi connectivity index (χ4v) is 3.34. The highest BCUT2D eigenvalue weighted by atomic mass is 16.4. The molecule has 0 spiro atoms. The molecule has 0 saturated heterocycles. The number of aromatic nitrogens is 2. The van der Waals surface area contributed by atoms with Crippen LogP contribution in [0.1, 0.15) is 31.2 Å². The normalized spacial score (nSPS) is 20.2. The van der Waals surface area contributed by atoms with E-state index in [1.165, 1.54) is 0 Å². The molecule has 1 aliphatic carbocycles. The van der Waals surface area contributed by atoms with Crippen LogP contribution in [0.4, 0.5) is 0 Å². The van der Waals surface area contributed by atoms with Crippen molar-refractivity contribution in [2.24, 2.45) is 11.8 Å².